The monoisotopic (exact) mass is 298 g/mol. The molecule has 1 atom stereocenters. The van der Waals surface area contributed by atoms with Crippen molar-refractivity contribution in [3.63, 3.8) is 0 Å². The number of amides is 1. The number of carbonyl (C=O) groups is 1. The zero-order valence-electron chi connectivity index (χ0n) is 11.2. The third-order valence-corrected chi connectivity index (χ3v) is 5.28. The number of aliphatic hydroxyl groups is 1. The van der Waals surface area contributed by atoms with Crippen LogP contribution >= 0.6 is 0 Å². The van der Waals surface area contributed by atoms with E-state index >= 15 is 0 Å². The number of nitrogens with two attached hydrogens (primary N) is 1. The van der Waals surface area contributed by atoms with Crippen molar-refractivity contribution in [2.75, 3.05) is 13.1 Å². The van der Waals surface area contributed by atoms with Crippen molar-refractivity contribution in [3.8, 4) is 0 Å². The lowest BCUT2D eigenvalue weighted by Gasteiger charge is -2.35. The maximum Gasteiger partial charge on any atom is 0.248 e. The van der Waals surface area contributed by atoms with Crippen LogP contribution in [0.5, 0.6) is 0 Å². The average Bonchev–Trinajstić information content (AvgIpc) is 2.37. The Morgan fingerprint density at radius 2 is 1.95 bits per heavy atom. The fraction of sp³-hybridized carbons (Fsp3) is 0.462. The summed E-state index contributed by atoms with van der Waals surface area (Å²) in [5, 5.41) is 10.0. The Labute approximate surface area is 118 Å². The predicted octanol–water partition coefficient (Wildman–Crippen LogP) is 0.321. The van der Waals surface area contributed by atoms with Gasteiger partial charge in [0.1, 0.15) is 0 Å². The van der Waals surface area contributed by atoms with E-state index in [2.05, 4.69) is 0 Å². The lowest BCUT2D eigenvalue weighted by molar-refractivity contribution is 0.00940. The molecule has 1 amide bonds. The first kappa shape index (κ1) is 15.0. The third-order valence-electron chi connectivity index (χ3n) is 3.42. The second-order valence-corrected chi connectivity index (χ2v) is 7.27. The maximum absolute atomic E-state index is 12.5. The van der Waals surface area contributed by atoms with Crippen LogP contribution in [0.3, 0.4) is 0 Å². The maximum atomic E-state index is 12.5. The summed E-state index contributed by atoms with van der Waals surface area (Å²) < 4.78 is 26.2. The van der Waals surface area contributed by atoms with E-state index in [1.807, 2.05) is 0 Å². The van der Waals surface area contributed by atoms with Gasteiger partial charge < -0.3 is 10.8 Å². The number of benzene rings is 1. The minimum atomic E-state index is -3.65. The van der Waals surface area contributed by atoms with Crippen LogP contribution in [0.25, 0.3) is 0 Å². The summed E-state index contributed by atoms with van der Waals surface area (Å²) >= 11 is 0. The minimum Gasteiger partial charge on any atom is -0.389 e. The molecule has 0 bridgehead atoms. The first-order chi connectivity index (χ1) is 9.22. The van der Waals surface area contributed by atoms with Crippen LogP contribution in [0.2, 0.25) is 0 Å². The van der Waals surface area contributed by atoms with Crippen molar-refractivity contribution in [1.82, 2.24) is 4.31 Å². The predicted molar refractivity (Wildman–Crippen MR) is 73.6 cm³/mol. The van der Waals surface area contributed by atoms with Crippen molar-refractivity contribution in [2.24, 2.45) is 5.73 Å². The first-order valence-electron chi connectivity index (χ1n) is 6.35. The topological polar surface area (TPSA) is 101 Å². The first-order valence-corrected chi connectivity index (χ1v) is 7.79. The number of piperidine rings is 1. The Morgan fingerprint density at radius 3 is 2.45 bits per heavy atom. The fourth-order valence-electron chi connectivity index (χ4n) is 2.32. The van der Waals surface area contributed by atoms with E-state index < -0.39 is 21.5 Å². The molecule has 1 heterocycles. The van der Waals surface area contributed by atoms with E-state index in [0.29, 0.717) is 19.4 Å². The Kier molecular flexibility index (Phi) is 3.86. The lowest BCUT2D eigenvalue weighted by atomic mass is 9.97. The molecule has 6 nitrogen and oxygen atoms in total. The van der Waals surface area contributed by atoms with Crippen LogP contribution in [0.1, 0.15) is 30.1 Å². The molecular formula is C13H18N2O4S. The molecule has 0 aromatic heterocycles. The highest BCUT2D eigenvalue weighted by Crippen LogP contribution is 2.26. The van der Waals surface area contributed by atoms with Gasteiger partial charge in [0.25, 0.3) is 0 Å². The number of nitrogens with zero attached hydrogens (tertiary/aromatic N) is 1. The second kappa shape index (κ2) is 5.16. The fourth-order valence-corrected chi connectivity index (χ4v) is 3.92. The molecule has 20 heavy (non-hydrogen) atoms. The molecule has 1 aliphatic rings. The molecule has 2 rings (SSSR count). The standard InChI is InChI=1S/C13H18N2O4S/c1-13(17)7-2-8-15(9-13)20(18,19)11-5-3-10(4-6-11)12(14)16/h3-6,17H,2,7-9H2,1H3,(H2,14,16). The number of sulfonamides is 1. The zero-order chi connectivity index (χ0) is 15.0. The molecule has 3 N–H and O–H groups in total. The lowest BCUT2D eigenvalue weighted by Crippen LogP contribution is -2.48. The van der Waals surface area contributed by atoms with Gasteiger partial charge in [-0.05, 0) is 44.0 Å². The van der Waals surface area contributed by atoms with Gasteiger partial charge in [-0.15, -0.1) is 0 Å². The molecule has 1 aromatic carbocycles. The highest BCUT2D eigenvalue weighted by Gasteiger charge is 2.35. The quantitative estimate of drug-likeness (QED) is 0.839. The van der Waals surface area contributed by atoms with Gasteiger partial charge in [0.15, 0.2) is 0 Å². The van der Waals surface area contributed by atoms with E-state index in [-0.39, 0.29) is 17.0 Å². The van der Waals surface area contributed by atoms with Gasteiger partial charge >= 0.3 is 0 Å². The Balaban J connectivity index is 2.28. The van der Waals surface area contributed by atoms with Crippen LogP contribution in [0, 0.1) is 0 Å². The third kappa shape index (κ3) is 3.00. The minimum absolute atomic E-state index is 0.0763. The summed E-state index contributed by atoms with van der Waals surface area (Å²) in [4.78, 5) is 11.1. The summed E-state index contributed by atoms with van der Waals surface area (Å²) in [6, 6.07) is 5.49. The van der Waals surface area contributed by atoms with E-state index in [9.17, 15) is 18.3 Å². The van der Waals surface area contributed by atoms with Gasteiger partial charge in [-0.2, -0.15) is 4.31 Å². The van der Waals surface area contributed by atoms with Crippen LogP contribution in [0.15, 0.2) is 29.2 Å². The molecule has 1 unspecified atom stereocenters. The van der Waals surface area contributed by atoms with Gasteiger partial charge in [-0.25, -0.2) is 8.42 Å². The van der Waals surface area contributed by atoms with Crippen molar-refractivity contribution in [2.45, 2.75) is 30.3 Å². The second-order valence-electron chi connectivity index (χ2n) is 5.33. The molecule has 1 saturated heterocycles. The van der Waals surface area contributed by atoms with Gasteiger partial charge in [0, 0.05) is 18.7 Å². The highest BCUT2D eigenvalue weighted by molar-refractivity contribution is 7.89. The molecule has 1 fully saturated rings. The SMILES string of the molecule is CC1(O)CCCN(S(=O)(=O)c2ccc(C(N)=O)cc2)C1. The Bertz CT molecular complexity index is 608. The van der Waals surface area contributed by atoms with E-state index in [1.54, 1.807) is 6.92 Å². The summed E-state index contributed by atoms with van der Waals surface area (Å²) in [5.74, 6) is -0.602. The van der Waals surface area contributed by atoms with Gasteiger partial charge in [-0.1, -0.05) is 0 Å². The molecule has 1 aromatic rings. The zero-order valence-corrected chi connectivity index (χ0v) is 12.1. The molecule has 0 saturated carbocycles. The summed E-state index contributed by atoms with van der Waals surface area (Å²) in [6.07, 6.45) is 1.20. The van der Waals surface area contributed by atoms with Crippen molar-refractivity contribution in [3.05, 3.63) is 29.8 Å². The van der Waals surface area contributed by atoms with Crippen molar-refractivity contribution in [1.29, 1.82) is 0 Å². The van der Waals surface area contributed by atoms with E-state index in [4.69, 9.17) is 5.73 Å². The molecule has 0 radical (unpaired) electrons. The normalized spacial score (nSPS) is 24.5. The Hall–Kier alpha value is -1.44. The van der Waals surface area contributed by atoms with Crippen LogP contribution in [-0.4, -0.2) is 42.4 Å². The van der Waals surface area contributed by atoms with Crippen LogP contribution < -0.4 is 5.73 Å². The highest BCUT2D eigenvalue weighted by atomic mass is 32.2. The van der Waals surface area contributed by atoms with E-state index in [1.165, 1.54) is 28.6 Å². The largest absolute Gasteiger partial charge is 0.389 e. The summed E-state index contributed by atoms with van der Waals surface area (Å²) in [5.41, 5.74) is 4.38. The van der Waals surface area contributed by atoms with Crippen molar-refractivity contribution >= 4 is 15.9 Å². The number of hydrogen-bond acceptors (Lipinski definition) is 4. The van der Waals surface area contributed by atoms with Gasteiger partial charge in [0.05, 0.1) is 10.5 Å². The smallest absolute Gasteiger partial charge is 0.248 e. The molecule has 110 valence electrons. The molecule has 7 heteroatoms. The van der Waals surface area contributed by atoms with Crippen molar-refractivity contribution < 1.29 is 18.3 Å². The number of carbonyl (C=O) groups excluding carboxylic acids is 1. The van der Waals surface area contributed by atoms with E-state index in [0.717, 1.165) is 0 Å². The molecule has 1 aliphatic heterocycles. The number of hydrogen-bond donors (Lipinski definition) is 2. The Morgan fingerprint density at radius 1 is 1.35 bits per heavy atom. The number of rotatable bonds is 3. The average molecular weight is 298 g/mol. The molecule has 0 spiro atoms. The van der Waals surface area contributed by atoms with Crippen LogP contribution in [-0.2, 0) is 10.0 Å². The number of primary amides is 1. The number of β-amino-alcohol motifs (C(OH)–C–C–N with tert-alkyl or cyclic N) is 1. The molecular weight excluding hydrogens is 280 g/mol. The van der Waals surface area contributed by atoms with Gasteiger partial charge in [-0.3, -0.25) is 4.79 Å². The van der Waals surface area contributed by atoms with Gasteiger partial charge in [0.2, 0.25) is 15.9 Å². The summed E-state index contributed by atoms with van der Waals surface area (Å²) in [6.45, 7) is 2.09. The molecule has 0 aliphatic carbocycles. The van der Waals surface area contributed by atoms with Crippen LogP contribution in [0.4, 0.5) is 0 Å². The summed E-state index contributed by atoms with van der Waals surface area (Å²) in [7, 11) is -3.65.